The molecule has 0 N–H and O–H groups in total. The lowest BCUT2D eigenvalue weighted by molar-refractivity contribution is 0.232. The van der Waals surface area contributed by atoms with Crippen LogP contribution in [0.4, 0.5) is 0 Å². The second-order valence-electron chi connectivity index (χ2n) is 6.10. The van der Waals surface area contributed by atoms with E-state index in [9.17, 15) is 0 Å². The van der Waals surface area contributed by atoms with Crippen LogP contribution in [0.2, 0.25) is 0 Å². The first-order chi connectivity index (χ1) is 8.20. The molecule has 0 radical (unpaired) electrons. The van der Waals surface area contributed by atoms with Crippen LogP contribution < -0.4 is 0 Å². The third-order valence-electron chi connectivity index (χ3n) is 5.46. The molecule has 1 heteroatoms. The molecular weight excluding hydrogens is 272 g/mol. The summed E-state index contributed by atoms with van der Waals surface area (Å²) >= 11 is 3.52. The Labute approximate surface area is 113 Å². The quantitative estimate of drug-likeness (QED) is 0.675. The molecule has 3 rings (SSSR count). The van der Waals surface area contributed by atoms with E-state index >= 15 is 0 Å². The van der Waals surface area contributed by atoms with E-state index in [1.165, 1.54) is 18.4 Å². The third-order valence-corrected chi connectivity index (χ3v) is 6.11. The van der Waals surface area contributed by atoms with Gasteiger partial charge >= 0.3 is 0 Å². The minimum atomic E-state index is 0.843. The Balaban J connectivity index is 1.82. The Kier molecular flexibility index (Phi) is 3.06. The van der Waals surface area contributed by atoms with Crippen molar-refractivity contribution in [3.05, 3.63) is 35.4 Å². The zero-order chi connectivity index (χ0) is 12.0. The zero-order valence-corrected chi connectivity index (χ0v) is 12.3. The second kappa shape index (κ2) is 4.42. The maximum atomic E-state index is 3.52. The summed E-state index contributed by atoms with van der Waals surface area (Å²) in [6.45, 7) is 4.92. The maximum absolute atomic E-state index is 3.52. The molecule has 0 spiro atoms. The minimum absolute atomic E-state index is 0.843. The van der Waals surface area contributed by atoms with E-state index in [4.69, 9.17) is 0 Å². The van der Waals surface area contributed by atoms with Crippen LogP contribution in [0.3, 0.4) is 0 Å². The lowest BCUT2D eigenvalue weighted by Gasteiger charge is -2.32. The molecule has 1 aromatic carbocycles. The first kappa shape index (κ1) is 11.8. The summed E-state index contributed by atoms with van der Waals surface area (Å²) in [5, 5.41) is 0.970. The highest BCUT2D eigenvalue weighted by Crippen LogP contribution is 2.58. The molecule has 0 nitrogen and oxygen atoms in total. The number of rotatable bonds is 2. The van der Waals surface area contributed by atoms with E-state index in [-0.39, 0.29) is 0 Å². The first-order valence-electron chi connectivity index (χ1n) is 6.85. The second-order valence-corrected chi connectivity index (χ2v) is 6.66. The van der Waals surface area contributed by atoms with Crippen molar-refractivity contribution >= 4 is 15.9 Å². The summed E-state index contributed by atoms with van der Waals surface area (Å²) in [6.07, 6.45) is 2.91. The van der Waals surface area contributed by atoms with Gasteiger partial charge in [-0.25, -0.2) is 0 Å². The molecule has 2 aliphatic carbocycles. The van der Waals surface area contributed by atoms with Crippen LogP contribution in [0.5, 0.6) is 0 Å². The van der Waals surface area contributed by atoms with Gasteiger partial charge in [0.15, 0.2) is 0 Å². The van der Waals surface area contributed by atoms with Crippen LogP contribution in [0.1, 0.15) is 43.7 Å². The van der Waals surface area contributed by atoms with Crippen LogP contribution in [0, 0.1) is 23.7 Å². The van der Waals surface area contributed by atoms with E-state index in [2.05, 4.69) is 54.0 Å². The monoisotopic (exact) mass is 292 g/mol. The Morgan fingerprint density at radius 1 is 1.06 bits per heavy atom. The molecule has 0 amide bonds. The van der Waals surface area contributed by atoms with Crippen LogP contribution >= 0.6 is 15.9 Å². The third kappa shape index (κ3) is 1.87. The number of alkyl halides is 1. The average Bonchev–Trinajstić information content (AvgIpc) is 2.91. The highest BCUT2D eigenvalue weighted by molar-refractivity contribution is 9.08. The van der Waals surface area contributed by atoms with Crippen LogP contribution in [0.25, 0.3) is 0 Å². The van der Waals surface area contributed by atoms with Gasteiger partial charge in [0.25, 0.3) is 0 Å². The van der Waals surface area contributed by atoms with Crippen molar-refractivity contribution in [2.24, 2.45) is 23.7 Å². The lowest BCUT2D eigenvalue weighted by Crippen LogP contribution is -2.23. The van der Waals surface area contributed by atoms with Crippen molar-refractivity contribution in [2.75, 3.05) is 0 Å². The maximum Gasteiger partial charge on any atom is 0.0283 e. The number of hydrogen-bond donors (Lipinski definition) is 0. The Bertz CT molecular complexity index is 392. The fraction of sp³-hybridized carbons (Fsp3) is 0.625. The normalized spacial score (nSPS) is 39.8. The van der Waals surface area contributed by atoms with Crippen LogP contribution in [-0.4, -0.2) is 0 Å². The van der Waals surface area contributed by atoms with Crippen molar-refractivity contribution in [1.82, 2.24) is 0 Å². The van der Waals surface area contributed by atoms with Gasteiger partial charge in [-0.15, -0.1) is 0 Å². The SMILES string of the molecule is CC1C(C)[C@H]2C[C@@H]1C[C@@H]2c1ccc(CBr)cc1. The van der Waals surface area contributed by atoms with Gasteiger partial charge in [0.1, 0.15) is 0 Å². The van der Waals surface area contributed by atoms with Crippen molar-refractivity contribution in [2.45, 2.75) is 37.9 Å². The fourth-order valence-electron chi connectivity index (χ4n) is 4.18. The molecule has 1 aromatic rings. The minimum Gasteiger partial charge on any atom is -0.0876 e. The predicted octanol–water partition coefficient (Wildman–Crippen LogP) is 4.98. The van der Waals surface area contributed by atoms with Gasteiger partial charge in [0, 0.05) is 5.33 Å². The van der Waals surface area contributed by atoms with Crippen molar-refractivity contribution < 1.29 is 0 Å². The molecule has 0 heterocycles. The standard InChI is InChI=1S/C16H21Br/c1-10-11(2)15-7-14(10)8-16(15)13-5-3-12(9-17)4-6-13/h3-6,10-11,14-16H,7-9H2,1-2H3/t10?,11?,14-,15-,16-/m1/s1. The number of benzene rings is 1. The van der Waals surface area contributed by atoms with Crippen LogP contribution in [0.15, 0.2) is 24.3 Å². The highest BCUT2D eigenvalue weighted by Gasteiger charge is 2.48. The van der Waals surface area contributed by atoms with Crippen molar-refractivity contribution in [3.63, 3.8) is 0 Å². The molecule has 92 valence electrons. The Hall–Kier alpha value is -0.300. The smallest absolute Gasteiger partial charge is 0.0283 e. The summed E-state index contributed by atoms with van der Waals surface area (Å²) in [4.78, 5) is 0. The zero-order valence-electron chi connectivity index (χ0n) is 10.7. The van der Waals surface area contributed by atoms with E-state index < -0.39 is 0 Å². The summed E-state index contributed by atoms with van der Waals surface area (Å²) in [5.41, 5.74) is 2.97. The molecule has 0 aromatic heterocycles. The van der Waals surface area contributed by atoms with Gasteiger partial charge in [-0.3, -0.25) is 0 Å². The summed E-state index contributed by atoms with van der Waals surface area (Å²) in [5.74, 6) is 4.67. The molecule has 2 saturated carbocycles. The largest absolute Gasteiger partial charge is 0.0876 e. The van der Waals surface area contributed by atoms with E-state index in [1.54, 1.807) is 5.56 Å². The van der Waals surface area contributed by atoms with Gasteiger partial charge < -0.3 is 0 Å². The summed E-state index contributed by atoms with van der Waals surface area (Å²) in [6, 6.07) is 9.28. The van der Waals surface area contributed by atoms with Gasteiger partial charge in [-0.05, 0) is 53.6 Å². The number of hydrogen-bond acceptors (Lipinski definition) is 0. The topological polar surface area (TPSA) is 0 Å². The Morgan fingerprint density at radius 2 is 1.76 bits per heavy atom. The summed E-state index contributed by atoms with van der Waals surface area (Å²) in [7, 11) is 0. The highest BCUT2D eigenvalue weighted by atomic mass is 79.9. The number of fused-ring (bicyclic) bond motifs is 2. The van der Waals surface area contributed by atoms with Gasteiger partial charge in [-0.1, -0.05) is 54.0 Å². The average molecular weight is 293 g/mol. The molecule has 0 aliphatic heterocycles. The molecule has 2 aliphatic rings. The molecule has 17 heavy (non-hydrogen) atoms. The molecule has 0 saturated heterocycles. The van der Waals surface area contributed by atoms with E-state index in [0.717, 1.165) is 34.9 Å². The van der Waals surface area contributed by atoms with Crippen molar-refractivity contribution in [3.8, 4) is 0 Å². The first-order valence-corrected chi connectivity index (χ1v) is 7.97. The van der Waals surface area contributed by atoms with Crippen molar-refractivity contribution in [1.29, 1.82) is 0 Å². The van der Waals surface area contributed by atoms with Gasteiger partial charge in [0.2, 0.25) is 0 Å². The fourth-order valence-corrected chi connectivity index (χ4v) is 4.55. The predicted molar refractivity (Wildman–Crippen MR) is 76.4 cm³/mol. The summed E-state index contributed by atoms with van der Waals surface area (Å²) < 4.78 is 0. The van der Waals surface area contributed by atoms with Gasteiger partial charge in [0.05, 0.1) is 0 Å². The van der Waals surface area contributed by atoms with E-state index in [1.807, 2.05) is 0 Å². The van der Waals surface area contributed by atoms with Crippen LogP contribution in [-0.2, 0) is 5.33 Å². The van der Waals surface area contributed by atoms with E-state index in [0.29, 0.717) is 0 Å². The molecule has 2 unspecified atom stereocenters. The lowest BCUT2D eigenvalue weighted by atomic mass is 9.73. The molecule has 5 atom stereocenters. The number of halogens is 1. The molecule has 2 bridgehead atoms. The van der Waals surface area contributed by atoms with Gasteiger partial charge in [-0.2, -0.15) is 0 Å². The molecule has 2 fully saturated rings. The Morgan fingerprint density at radius 3 is 2.29 bits per heavy atom. The molecular formula is C16H21Br.